The first-order chi connectivity index (χ1) is 7.15. The van der Waals surface area contributed by atoms with Crippen molar-refractivity contribution in [2.45, 2.75) is 19.4 Å². The molecule has 0 saturated heterocycles. The number of hydrogen-bond donors (Lipinski definition) is 2. The smallest absolute Gasteiger partial charge is 0.167 e. The van der Waals surface area contributed by atoms with E-state index in [4.69, 9.17) is 15.6 Å². The van der Waals surface area contributed by atoms with Crippen LogP contribution >= 0.6 is 0 Å². The quantitative estimate of drug-likeness (QED) is 0.773. The normalized spacial score (nSPS) is 12.5. The zero-order valence-corrected chi connectivity index (χ0v) is 8.74. The summed E-state index contributed by atoms with van der Waals surface area (Å²) in [6.07, 6.45) is 0.452. The monoisotopic (exact) mass is 213 g/mol. The number of hydrogen-bond acceptors (Lipinski definition) is 3. The minimum absolute atomic E-state index is 0.0147. The van der Waals surface area contributed by atoms with Crippen LogP contribution in [0.4, 0.5) is 4.39 Å². The topological polar surface area (TPSA) is 55.5 Å². The van der Waals surface area contributed by atoms with E-state index in [-0.39, 0.29) is 30.8 Å². The summed E-state index contributed by atoms with van der Waals surface area (Å²) < 4.78 is 18.6. The highest BCUT2D eigenvalue weighted by molar-refractivity contribution is 5.30. The second-order valence-electron chi connectivity index (χ2n) is 3.47. The third kappa shape index (κ3) is 3.49. The molecule has 0 aromatic heterocycles. The second-order valence-corrected chi connectivity index (χ2v) is 3.47. The molecule has 0 heterocycles. The minimum Gasteiger partial charge on any atom is -0.489 e. The zero-order chi connectivity index (χ0) is 11.3. The van der Waals surface area contributed by atoms with Crippen LogP contribution in [0.2, 0.25) is 0 Å². The van der Waals surface area contributed by atoms with Gasteiger partial charge >= 0.3 is 0 Å². The lowest BCUT2D eigenvalue weighted by Gasteiger charge is -2.12. The number of ether oxygens (including phenoxy) is 1. The predicted octanol–water partition coefficient (Wildman–Crippen LogP) is 1.22. The second kappa shape index (κ2) is 5.68. The van der Waals surface area contributed by atoms with Crippen molar-refractivity contribution in [2.24, 2.45) is 5.73 Å². The summed E-state index contributed by atoms with van der Waals surface area (Å²) in [5.74, 6) is -0.142. The van der Waals surface area contributed by atoms with Gasteiger partial charge in [0.1, 0.15) is 6.61 Å². The van der Waals surface area contributed by atoms with E-state index in [2.05, 4.69) is 0 Å². The highest BCUT2D eigenvalue weighted by Gasteiger charge is 2.08. The van der Waals surface area contributed by atoms with Crippen LogP contribution in [0, 0.1) is 12.7 Å². The third-order valence-corrected chi connectivity index (χ3v) is 2.11. The van der Waals surface area contributed by atoms with Gasteiger partial charge in [0.2, 0.25) is 0 Å². The molecule has 84 valence electrons. The van der Waals surface area contributed by atoms with Crippen molar-refractivity contribution in [3.63, 3.8) is 0 Å². The fraction of sp³-hybridized carbons (Fsp3) is 0.455. The van der Waals surface area contributed by atoms with Crippen LogP contribution in [0.25, 0.3) is 0 Å². The summed E-state index contributed by atoms with van der Waals surface area (Å²) in [5, 5.41) is 8.62. The molecular weight excluding hydrogens is 197 g/mol. The van der Waals surface area contributed by atoms with Gasteiger partial charge in [-0.3, -0.25) is 0 Å². The van der Waals surface area contributed by atoms with Crippen molar-refractivity contribution in [1.82, 2.24) is 0 Å². The summed E-state index contributed by atoms with van der Waals surface area (Å²) in [5.41, 5.74) is 6.16. The van der Waals surface area contributed by atoms with E-state index in [1.54, 1.807) is 25.1 Å². The molecule has 15 heavy (non-hydrogen) atoms. The standard InChI is InChI=1S/C11H16FNO2/c1-8-3-2-4-10(11(8)12)15-7-9(13)5-6-14/h2-4,9,14H,5-7,13H2,1H3. The van der Waals surface area contributed by atoms with E-state index in [1.165, 1.54) is 0 Å². The van der Waals surface area contributed by atoms with Crippen molar-refractivity contribution < 1.29 is 14.2 Å². The molecule has 3 N–H and O–H groups in total. The van der Waals surface area contributed by atoms with Gasteiger partial charge in [0.15, 0.2) is 11.6 Å². The van der Waals surface area contributed by atoms with Gasteiger partial charge in [-0.2, -0.15) is 0 Å². The molecule has 3 nitrogen and oxygen atoms in total. The van der Waals surface area contributed by atoms with E-state index in [0.717, 1.165) is 0 Å². The number of aliphatic hydroxyl groups excluding tert-OH is 1. The number of halogens is 1. The molecular formula is C11H16FNO2. The Morgan fingerprint density at radius 2 is 2.27 bits per heavy atom. The molecule has 0 fully saturated rings. The van der Waals surface area contributed by atoms with E-state index >= 15 is 0 Å². The van der Waals surface area contributed by atoms with Gasteiger partial charge in [-0.1, -0.05) is 12.1 Å². The number of rotatable bonds is 5. The molecule has 0 aliphatic rings. The molecule has 0 spiro atoms. The Balaban J connectivity index is 2.54. The van der Waals surface area contributed by atoms with Crippen LogP contribution in [0.3, 0.4) is 0 Å². The van der Waals surface area contributed by atoms with Crippen molar-refractivity contribution >= 4 is 0 Å². The maximum Gasteiger partial charge on any atom is 0.167 e. The first kappa shape index (κ1) is 11.9. The fourth-order valence-electron chi connectivity index (χ4n) is 1.18. The number of benzene rings is 1. The van der Waals surface area contributed by atoms with E-state index in [9.17, 15) is 4.39 Å². The summed E-state index contributed by atoms with van der Waals surface area (Å²) in [6, 6.07) is 4.70. The molecule has 0 amide bonds. The van der Waals surface area contributed by atoms with Crippen molar-refractivity contribution in [1.29, 1.82) is 0 Å². The van der Waals surface area contributed by atoms with E-state index in [0.29, 0.717) is 12.0 Å². The molecule has 0 radical (unpaired) electrons. The Labute approximate surface area is 88.7 Å². The lowest BCUT2D eigenvalue weighted by molar-refractivity contribution is 0.228. The molecule has 0 aliphatic carbocycles. The van der Waals surface area contributed by atoms with Crippen LogP contribution in [-0.4, -0.2) is 24.4 Å². The molecule has 0 aliphatic heterocycles. The third-order valence-electron chi connectivity index (χ3n) is 2.11. The van der Waals surface area contributed by atoms with Gasteiger partial charge in [-0.15, -0.1) is 0 Å². The number of nitrogens with two attached hydrogens (primary N) is 1. The van der Waals surface area contributed by atoms with Crippen LogP contribution in [0.5, 0.6) is 5.75 Å². The number of aliphatic hydroxyl groups is 1. The SMILES string of the molecule is Cc1cccc(OCC(N)CCO)c1F. The Morgan fingerprint density at radius 1 is 1.53 bits per heavy atom. The average Bonchev–Trinajstić information content (AvgIpc) is 2.21. The highest BCUT2D eigenvalue weighted by Crippen LogP contribution is 2.19. The van der Waals surface area contributed by atoms with Crippen LogP contribution < -0.4 is 10.5 Å². The van der Waals surface area contributed by atoms with Crippen LogP contribution in [0.1, 0.15) is 12.0 Å². The summed E-state index contributed by atoms with van der Waals surface area (Å²) >= 11 is 0. The summed E-state index contributed by atoms with van der Waals surface area (Å²) in [6.45, 7) is 1.90. The maximum absolute atomic E-state index is 13.4. The molecule has 0 bridgehead atoms. The fourth-order valence-corrected chi connectivity index (χ4v) is 1.18. The Morgan fingerprint density at radius 3 is 2.93 bits per heavy atom. The first-order valence-corrected chi connectivity index (χ1v) is 4.89. The molecule has 4 heteroatoms. The Kier molecular flexibility index (Phi) is 4.52. The van der Waals surface area contributed by atoms with Gasteiger partial charge in [-0.25, -0.2) is 4.39 Å². The molecule has 1 rings (SSSR count). The molecule has 1 aromatic rings. The van der Waals surface area contributed by atoms with Gasteiger partial charge in [-0.05, 0) is 25.0 Å². The maximum atomic E-state index is 13.4. The molecule has 1 unspecified atom stereocenters. The number of aryl methyl sites for hydroxylation is 1. The lowest BCUT2D eigenvalue weighted by Crippen LogP contribution is -2.29. The average molecular weight is 213 g/mol. The predicted molar refractivity (Wildman–Crippen MR) is 56.3 cm³/mol. The largest absolute Gasteiger partial charge is 0.489 e. The molecule has 0 saturated carbocycles. The van der Waals surface area contributed by atoms with Crippen molar-refractivity contribution in [2.75, 3.05) is 13.2 Å². The van der Waals surface area contributed by atoms with Gasteiger partial charge in [0, 0.05) is 12.6 Å². The minimum atomic E-state index is -0.353. The zero-order valence-electron chi connectivity index (χ0n) is 8.74. The van der Waals surface area contributed by atoms with E-state index < -0.39 is 0 Å². The van der Waals surface area contributed by atoms with Gasteiger partial charge < -0.3 is 15.6 Å². The van der Waals surface area contributed by atoms with E-state index in [1.807, 2.05) is 0 Å². The van der Waals surface area contributed by atoms with Gasteiger partial charge in [0.05, 0.1) is 0 Å². The van der Waals surface area contributed by atoms with Crippen LogP contribution in [-0.2, 0) is 0 Å². The van der Waals surface area contributed by atoms with Gasteiger partial charge in [0.25, 0.3) is 0 Å². The highest BCUT2D eigenvalue weighted by atomic mass is 19.1. The lowest BCUT2D eigenvalue weighted by atomic mass is 10.2. The Hall–Kier alpha value is -1.13. The van der Waals surface area contributed by atoms with Crippen LogP contribution in [0.15, 0.2) is 18.2 Å². The molecule has 1 aromatic carbocycles. The summed E-state index contributed by atoms with van der Waals surface area (Å²) in [7, 11) is 0. The van der Waals surface area contributed by atoms with Crippen molar-refractivity contribution in [3.8, 4) is 5.75 Å². The first-order valence-electron chi connectivity index (χ1n) is 4.89. The Bertz CT molecular complexity index is 317. The van der Waals surface area contributed by atoms with Crippen molar-refractivity contribution in [3.05, 3.63) is 29.6 Å². The molecule has 1 atom stereocenters. The summed E-state index contributed by atoms with van der Waals surface area (Å²) in [4.78, 5) is 0.